The average Bonchev–Trinajstić information content (AvgIpc) is 2.34. The van der Waals surface area contributed by atoms with Crippen LogP contribution in [0.3, 0.4) is 0 Å². The fourth-order valence-corrected chi connectivity index (χ4v) is 1.97. The van der Waals surface area contributed by atoms with E-state index in [9.17, 15) is 5.11 Å². The Kier molecular flexibility index (Phi) is 4.73. The largest absolute Gasteiger partial charge is 0.464 e. The topological polar surface area (TPSA) is 92.2 Å². The molecule has 1 fully saturated rings. The molecule has 0 unspecified atom stereocenters. The molecule has 0 bridgehead atoms. The van der Waals surface area contributed by atoms with Gasteiger partial charge in [-0.25, -0.2) is 0 Å². The molecular weight excluding hydrogens is 246 g/mol. The fourth-order valence-electron chi connectivity index (χ4n) is 1.97. The highest BCUT2D eigenvalue weighted by atomic mass is 16.5. The summed E-state index contributed by atoms with van der Waals surface area (Å²) in [5.41, 5.74) is 0. The second-order valence-corrected chi connectivity index (χ2v) is 4.60. The number of hydrogen-bond acceptors (Lipinski definition) is 7. The molecule has 1 aliphatic carbocycles. The van der Waals surface area contributed by atoms with E-state index in [0.29, 0.717) is 30.4 Å². The lowest BCUT2D eigenvalue weighted by Gasteiger charge is -2.31. The van der Waals surface area contributed by atoms with Crippen molar-refractivity contribution in [3.8, 4) is 6.01 Å². The van der Waals surface area contributed by atoms with E-state index in [-0.39, 0.29) is 6.10 Å². The number of aromatic nitrogens is 3. The van der Waals surface area contributed by atoms with E-state index < -0.39 is 0 Å². The first-order chi connectivity index (χ1) is 9.21. The maximum atomic E-state index is 9.24. The summed E-state index contributed by atoms with van der Waals surface area (Å²) < 4.78 is 5.32. The Hall–Kier alpha value is -1.63. The van der Waals surface area contributed by atoms with E-state index in [2.05, 4.69) is 25.6 Å². The zero-order valence-electron chi connectivity index (χ0n) is 11.4. The fraction of sp³-hybridized carbons (Fsp3) is 0.750. The molecular formula is C12H21N5O2. The van der Waals surface area contributed by atoms with Crippen LogP contribution in [0.15, 0.2) is 0 Å². The normalized spacial score (nSPS) is 21.6. The molecule has 1 heterocycles. The number of aliphatic hydroxyl groups is 1. The van der Waals surface area contributed by atoms with Crippen molar-refractivity contribution in [2.75, 3.05) is 30.3 Å². The summed E-state index contributed by atoms with van der Waals surface area (Å²) in [7, 11) is 0. The Morgan fingerprint density at radius 1 is 1.16 bits per heavy atom. The van der Waals surface area contributed by atoms with Gasteiger partial charge < -0.3 is 20.5 Å². The number of aliphatic hydroxyl groups excluding tert-OH is 1. The minimum Gasteiger partial charge on any atom is -0.464 e. The summed E-state index contributed by atoms with van der Waals surface area (Å²) in [4.78, 5) is 12.6. The molecule has 0 spiro atoms. The van der Waals surface area contributed by atoms with Gasteiger partial charge in [-0.3, -0.25) is 0 Å². The Balaban J connectivity index is 1.96. The van der Waals surface area contributed by atoms with E-state index in [4.69, 9.17) is 4.74 Å². The lowest BCUT2D eigenvalue weighted by atomic mass is 9.82. The molecule has 0 aliphatic heterocycles. The summed E-state index contributed by atoms with van der Waals surface area (Å²) in [6.07, 6.45) is 1.55. The number of ether oxygens (including phenoxy) is 1. The summed E-state index contributed by atoms with van der Waals surface area (Å²) in [5.74, 6) is 1.51. The van der Waals surface area contributed by atoms with Gasteiger partial charge in [0.25, 0.3) is 0 Å². The highest BCUT2D eigenvalue weighted by molar-refractivity contribution is 5.35. The zero-order valence-corrected chi connectivity index (χ0v) is 11.4. The lowest BCUT2D eigenvalue weighted by Crippen LogP contribution is -2.33. The molecule has 19 heavy (non-hydrogen) atoms. The van der Waals surface area contributed by atoms with Crippen LogP contribution in [0.4, 0.5) is 11.9 Å². The maximum Gasteiger partial charge on any atom is 0.323 e. The van der Waals surface area contributed by atoms with Gasteiger partial charge in [0.2, 0.25) is 11.9 Å². The van der Waals surface area contributed by atoms with Crippen molar-refractivity contribution >= 4 is 11.9 Å². The van der Waals surface area contributed by atoms with E-state index >= 15 is 0 Å². The van der Waals surface area contributed by atoms with Crippen molar-refractivity contribution in [2.24, 2.45) is 5.92 Å². The second kappa shape index (κ2) is 6.51. The van der Waals surface area contributed by atoms with Crippen LogP contribution in [0.5, 0.6) is 6.01 Å². The number of anilines is 2. The SMILES string of the molecule is CCNc1nc(NCC2CC(O)C2)nc(OCC)n1. The molecule has 0 radical (unpaired) electrons. The Morgan fingerprint density at radius 3 is 2.42 bits per heavy atom. The van der Waals surface area contributed by atoms with Crippen molar-refractivity contribution in [1.29, 1.82) is 0 Å². The van der Waals surface area contributed by atoms with Crippen LogP contribution >= 0.6 is 0 Å². The molecule has 3 N–H and O–H groups in total. The van der Waals surface area contributed by atoms with Gasteiger partial charge in [-0.1, -0.05) is 0 Å². The Bertz CT molecular complexity index is 385. The standard InChI is InChI=1S/C12H21N5O2/c1-3-13-10-15-11(17-12(16-10)19-4-2)14-7-8-5-9(18)6-8/h8-9,18H,3-7H2,1-2H3,(H2,13,14,15,16,17). The first-order valence-corrected chi connectivity index (χ1v) is 6.76. The molecule has 1 aromatic rings. The molecule has 1 aromatic heterocycles. The van der Waals surface area contributed by atoms with Gasteiger partial charge in [-0.05, 0) is 32.6 Å². The molecule has 7 nitrogen and oxygen atoms in total. The third kappa shape index (κ3) is 3.92. The summed E-state index contributed by atoms with van der Waals surface area (Å²) >= 11 is 0. The zero-order chi connectivity index (χ0) is 13.7. The highest BCUT2D eigenvalue weighted by Crippen LogP contribution is 2.27. The molecule has 0 saturated heterocycles. The van der Waals surface area contributed by atoms with Crippen LogP contribution in [0.1, 0.15) is 26.7 Å². The third-order valence-electron chi connectivity index (χ3n) is 2.98. The Labute approximate surface area is 112 Å². The van der Waals surface area contributed by atoms with Crippen LogP contribution in [-0.4, -0.2) is 45.9 Å². The molecule has 1 aliphatic rings. The average molecular weight is 267 g/mol. The van der Waals surface area contributed by atoms with Crippen LogP contribution < -0.4 is 15.4 Å². The molecule has 0 atom stereocenters. The van der Waals surface area contributed by atoms with Crippen LogP contribution in [0.2, 0.25) is 0 Å². The van der Waals surface area contributed by atoms with Crippen molar-refractivity contribution in [3.05, 3.63) is 0 Å². The number of nitrogens with one attached hydrogen (secondary N) is 2. The molecule has 7 heteroatoms. The van der Waals surface area contributed by atoms with Crippen molar-refractivity contribution in [3.63, 3.8) is 0 Å². The number of nitrogens with zero attached hydrogens (tertiary/aromatic N) is 3. The maximum absolute atomic E-state index is 9.24. The predicted octanol–water partition coefficient (Wildman–Crippen LogP) is 0.885. The summed E-state index contributed by atoms with van der Waals surface area (Å²) in [5, 5.41) is 15.5. The predicted molar refractivity (Wildman–Crippen MR) is 72.4 cm³/mol. The van der Waals surface area contributed by atoms with Crippen LogP contribution in [0.25, 0.3) is 0 Å². The van der Waals surface area contributed by atoms with Crippen LogP contribution in [-0.2, 0) is 0 Å². The first kappa shape index (κ1) is 13.8. The smallest absolute Gasteiger partial charge is 0.323 e. The Morgan fingerprint density at radius 2 is 1.84 bits per heavy atom. The van der Waals surface area contributed by atoms with Gasteiger partial charge >= 0.3 is 6.01 Å². The third-order valence-corrected chi connectivity index (χ3v) is 2.98. The summed E-state index contributed by atoms with van der Waals surface area (Å²) in [6, 6.07) is 0.324. The molecule has 2 rings (SSSR count). The highest BCUT2D eigenvalue weighted by Gasteiger charge is 2.26. The monoisotopic (exact) mass is 267 g/mol. The molecule has 1 saturated carbocycles. The van der Waals surface area contributed by atoms with E-state index in [1.165, 1.54) is 0 Å². The van der Waals surface area contributed by atoms with Gasteiger partial charge in [0.15, 0.2) is 0 Å². The number of rotatable bonds is 7. The van der Waals surface area contributed by atoms with Gasteiger partial charge in [0.05, 0.1) is 12.7 Å². The quantitative estimate of drug-likeness (QED) is 0.675. The molecule has 106 valence electrons. The van der Waals surface area contributed by atoms with Crippen molar-refractivity contribution in [2.45, 2.75) is 32.8 Å². The second-order valence-electron chi connectivity index (χ2n) is 4.60. The van der Waals surface area contributed by atoms with E-state index in [1.807, 2.05) is 13.8 Å². The van der Waals surface area contributed by atoms with Gasteiger partial charge in [0.1, 0.15) is 0 Å². The number of hydrogen-bond donors (Lipinski definition) is 3. The van der Waals surface area contributed by atoms with Gasteiger partial charge in [0, 0.05) is 13.1 Å². The minimum atomic E-state index is -0.138. The van der Waals surface area contributed by atoms with Gasteiger partial charge in [-0.2, -0.15) is 15.0 Å². The molecule has 0 aromatic carbocycles. The van der Waals surface area contributed by atoms with Crippen LogP contribution in [0, 0.1) is 5.92 Å². The minimum absolute atomic E-state index is 0.138. The first-order valence-electron chi connectivity index (χ1n) is 6.76. The lowest BCUT2D eigenvalue weighted by molar-refractivity contribution is 0.0486. The summed E-state index contributed by atoms with van der Waals surface area (Å²) in [6.45, 7) is 5.89. The van der Waals surface area contributed by atoms with Crippen molar-refractivity contribution < 1.29 is 9.84 Å². The van der Waals surface area contributed by atoms with Gasteiger partial charge in [-0.15, -0.1) is 0 Å². The van der Waals surface area contributed by atoms with E-state index in [1.54, 1.807) is 0 Å². The van der Waals surface area contributed by atoms with Crippen molar-refractivity contribution in [1.82, 2.24) is 15.0 Å². The van der Waals surface area contributed by atoms with E-state index in [0.717, 1.165) is 25.9 Å². The molecule has 0 amide bonds.